The molecule has 0 spiro atoms. The monoisotopic (exact) mass is 440 g/mol. The van der Waals surface area contributed by atoms with Crippen LogP contribution in [0.3, 0.4) is 0 Å². The molecule has 2 atom stereocenters. The molecule has 3 aromatic heterocycles. The second kappa shape index (κ2) is 8.78. The highest BCUT2D eigenvalue weighted by atomic mass is 32.1. The van der Waals surface area contributed by atoms with Crippen molar-refractivity contribution < 1.29 is 14.3 Å². The number of hydrogen-bond donors (Lipinski definition) is 0. The Hall–Kier alpha value is -2.74. The molecule has 4 rings (SSSR count). The van der Waals surface area contributed by atoms with Crippen LogP contribution in [0, 0.1) is 6.92 Å². The van der Waals surface area contributed by atoms with Gasteiger partial charge in [-0.2, -0.15) is 5.10 Å². The molecule has 1 aliphatic rings. The van der Waals surface area contributed by atoms with Crippen LogP contribution in [0.2, 0.25) is 0 Å². The van der Waals surface area contributed by atoms with Crippen LogP contribution >= 0.6 is 11.3 Å². The summed E-state index contributed by atoms with van der Waals surface area (Å²) in [5.41, 5.74) is 2.41. The van der Waals surface area contributed by atoms with E-state index < -0.39 is 12.1 Å². The van der Waals surface area contributed by atoms with Crippen molar-refractivity contribution in [1.82, 2.24) is 19.7 Å². The number of esters is 1. The van der Waals surface area contributed by atoms with Gasteiger partial charge in [0.25, 0.3) is 5.91 Å². The summed E-state index contributed by atoms with van der Waals surface area (Å²) < 4.78 is 7.37. The molecule has 164 valence electrons. The molecule has 1 amide bonds. The van der Waals surface area contributed by atoms with E-state index in [0.717, 1.165) is 37.1 Å². The number of hydrogen-bond acceptors (Lipinski definition) is 6. The first-order chi connectivity index (χ1) is 14.9. The number of piperidine rings is 1. The molecule has 31 heavy (non-hydrogen) atoms. The number of likely N-dealkylation sites (tertiary alicyclic amines) is 1. The van der Waals surface area contributed by atoms with Gasteiger partial charge in [0, 0.05) is 19.6 Å². The van der Waals surface area contributed by atoms with E-state index in [1.807, 2.05) is 36.4 Å². The lowest BCUT2D eigenvalue weighted by atomic mass is 9.99. The Labute approximate surface area is 186 Å². The van der Waals surface area contributed by atoms with Crippen LogP contribution in [0.1, 0.15) is 55.6 Å². The fourth-order valence-corrected chi connectivity index (χ4v) is 5.07. The van der Waals surface area contributed by atoms with Crippen LogP contribution in [-0.4, -0.2) is 50.2 Å². The predicted octanol–water partition coefficient (Wildman–Crippen LogP) is 4.34. The van der Waals surface area contributed by atoms with Gasteiger partial charge in [-0.05, 0) is 57.0 Å². The van der Waals surface area contributed by atoms with Crippen molar-refractivity contribution in [3.63, 3.8) is 0 Å². The van der Waals surface area contributed by atoms with E-state index >= 15 is 0 Å². The van der Waals surface area contributed by atoms with Crippen molar-refractivity contribution in [3.8, 4) is 10.6 Å². The Bertz CT molecular complexity index is 1110. The largest absolute Gasteiger partial charge is 0.449 e. The van der Waals surface area contributed by atoms with Gasteiger partial charge in [0.2, 0.25) is 0 Å². The van der Waals surface area contributed by atoms with Gasteiger partial charge in [-0.3, -0.25) is 9.48 Å². The van der Waals surface area contributed by atoms with Crippen LogP contribution in [-0.2, 0) is 16.6 Å². The fourth-order valence-electron chi connectivity index (χ4n) is 4.38. The summed E-state index contributed by atoms with van der Waals surface area (Å²) in [5, 5.41) is 7.07. The third-order valence-electron chi connectivity index (χ3n) is 5.98. The van der Waals surface area contributed by atoms with E-state index in [1.54, 1.807) is 29.0 Å². The first-order valence-electron chi connectivity index (χ1n) is 10.8. The molecule has 3 aromatic rings. The molecule has 0 radical (unpaired) electrons. The number of aromatic nitrogens is 3. The van der Waals surface area contributed by atoms with Crippen LogP contribution < -0.4 is 0 Å². The van der Waals surface area contributed by atoms with Gasteiger partial charge in [0.15, 0.2) is 11.8 Å². The van der Waals surface area contributed by atoms with E-state index in [4.69, 9.17) is 9.72 Å². The topological polar surface area (TPSA) is 77.3 Å². The summed E-state index contributed by atoms with van der Waals surface area (Å²) in [4.78, 5) is 33.8. The highest BCUT2D eigenvalue weighted by Gasteiger charge is 2.31. The summed E-state index contributed by atoms with van der Waals surface area (Å²) in [5.74, 6) is -0.640. The van der Waals surface area contributed by atoms with Crippen LogP contribution in [0.5, 0.6) is 0 Å². The summed E-state index contributed by atoms with van der Waals surface area (Å²) in [7, 11) is 1.81. The maximum atomic E-state index is 13.2. The minimum atomic E-state index is -0.843. The number of amides is 1. The number of carbonyl (C=O) groups is 2. The highest BCUT2D eigenvalue weighted by molar-refractivity contribution is 7.13. The second-order valence-corrected chi connectivity index (χ2v) is 9.02. The number of pyridine rings is 1. The molecular formula is C23H28N4O3S. The number of rotatable bonds is 5. The Morgan fingerprint density at radius 1 is 1.35 bits per heavy atom. The molecule has 0 aromatic carbocycles. The molecule has 2 unspecified atom stereocenters. The number of carbonyl (C=O) groups excluding carboxylic acids is 2. The van der Waals surface area contributed by atoms with Gasteiger partial charge < -0.3 is 9.64 Å². The second-order valence-electron chi connectivity index (χ2n) is 8.08. The first-order valence-corrected chi connectivity index (χ1v) is 11.7. The smallest absolute Gasteiger partial charge is 0.339 e. The lowest BCUT2D eigenvalue weighted by molar-refractivity contribution is -0.143. The molecule has 0 saturated carbocycles. The predicted molar refractivity (Wildman–Crippen MR) is 121 cm³/mol. The van der Waals surface area contributed by atoms with Gasteiger partial charge in [0.1, 0.15) is 0 Å². The molecule has 0 N–H and O–H groups in total. The number of thiophene rings is 1. The normalized spacial score (nSPS) is 17.7. The molecule has 7 nitrogen and oxygen atoms in total. The molecular weight excluding hydrogens is 412 g/mol. The van der Waals surface area contributed by atoms with Gasteiger partial charge in [-0.1, -0.05) is 13.0 Å². The van der Waals surface area contributed by atoms with E-state index in [9.17, 15) is 9.59 Å². The summed E-state index contributed by atoms with van der Waals surface area (Å²) in [6.45, 7) is 6.33. The zero-order valence-electron chi connectivity index (χ0n) is 18.4. The maximum Gasteiger partial charge on any atom is 0.339 e. The number of ether oxygens (including phenoxy) is 1. The van der Waals surface area contributed by atoms with E-state index in [-0.39, 0.29) is 11.9 Å². The molecule has 1 fully saturated rings. The summed E-state index contributed by atoms with van der Waals surface area (Å²) >= 11 is 1.55. The molecule has 1 aliphatic heterocycles. The minimum Gasteiger partial charge on any atom is -0.449 e. The van der Waals surface area contributed by atoms with Gasteiger partial charge in [-0.25, -0.2) is 9.78 Å². The SMILES string of the molecule is CCC1CCCCN1C(=O)C(C)OC(=O)c1cc(-c2cccs2)nc2c1c(C)nn2C. The van der Waals surface area contributed by atoms with Crippen molar-refractivity contribution in [2.24, 2.45) is 7.05 Å². The fraction of sp³-hybridized carbons (Fsp3) is 0.478. The summed E-state index contributed by atoms with van der Waals surface area (Å²) in [6, 6.07) is 5.88. The van der Waals surface area contributed by atoms with Crippen LogP contribution in [0.4, 0.5) is 0 Å². The first kappa shape index (κ1) is 21.5. The van der Waals surface area contributed by atoms with E-state index in [2.05, 4.69) is 12.0 Å². The molecule has 0 bridgehead atoms. The van der Waals surface area contributed by atoms with Crippen molar-refractivity contribution in [1.29, 1.82) is 0 Å². The zero-order valence-corrected chi connectivity index (χ0v) is 19.2. The number of aryl methyl sites for hydroxylation is 2. The number of nitrogens with zero attached hydrogens (tertiary/aromatic N) is 4. The Morgan fingerprint density at radius 2 is 2.16 bits per heavy atom. The van der Waals surface area contributed by atoms with Gasteiger partial charge in [0.05, 0.1) is 27.2 Å². The van der Waals surface area contributed by atoms with Gasteiger partial charge in [-0.15, -0.1) is 11.3 Å². The summed E-state index contributed by atoms with van der Waals surface area (Å²) in [6.07, 6.45) is 3.21. The lowest BCUT2D eigenvalue weighted by Crippen LogP contribution is -2.48. The third-order valence-corrected chi connectivity index (χ3v) is 6.87. The molecule has 4 heterocycles. The van der Waals surface area contributed by atoms with E-state index in [0.29, 0.717) is 28.0 Å². The zero-order chi connectivity index (χ0) is 22.1. The van der Waals surface area contributed by atoms with Crippen molar-refractivity contribution in [2.45, 2.75) is 58.6 Å². The Kier molecular flexibility index (Phi) is 6.09. The van der Waals surface area contributed by atoms with Crippen molar-refractivity contribution in [3.05, 3.63) is 34.8 Å². The maximum absolute atomic E-state index is 13.2. The van der Waals surface area contributed by atoms with Gasteiger partial charge >= 0.3 is 5.97 Å². The highest BCUT2D eigenvalue weighted by Crippen LogP contribution is 2.30. The third kappa shape index (κ3) is 4.08. The minimum absolute atomic E-state index is 0.119. The lowest BCUT2D eigenvalue weighted by Gasteiger charge is -2.36. The molecule has 1 saturated heterocycles. The van der Waals surface area contributed by atoms with Crippen LogP contribution in [0.15, 0.2) is 23.6 Å². The van der Waals surface area contributed by atoms with Crippen molar-refractivity contribution >= 4 is 34.2 Å². The van der Waals surface area contributed by atoms with Crippen LogP contribution in [0.25, 0.3) is 21.6 Å². The van der Waals surface area contributed by atoms with Crippen molar-refractivity contribution in [2.75, 3.05) is 6.54 Å². The molecule has 0 aliphatic carbocycles. The Balaban J connectivity index is 1.65. The molecule has 8 heteroatoms. The standard InChI is InChI=1S/C23H28N4O3S/c1-5-16-9-6-7-11-27(16)22(28)15(3)30-23(29)17-13-18(19-10-8-12-31-19)24-21-20(17)14(2)25-26(21)4/h8,10,12-13,15-16H,5-7,9,11H2,1-4H3. The quantitative estimate of drug-likeness (QED) is 0.552. The average Bonchev–Trinajstić information content (AvgIpc) is 3.41. The van der Waals surface area contributed by atoms with E-state index in [1.165, 1.54) is 0 Å². The Morgan fingerprint density at radius 3 is 2.87 bits per heavy atom. The average molecular weight is 441 g/mol. The number of fused-ring (bicyclic) bond motifs is 1.